The molecular formula is C26H26BrNO3. The Balaban J connectivity index is 1.60. The monoisotopic (exact) mass is 479 g/mol. The lowest BCUT2D eigenvalue weighted by atomic mass is 9.94. The van der Waals surface area contributed by atoms with E-state index in [2.05, 4.69) is 58.2 Å². The molecule has 0 aliphatic carbocycles. The van der Waals surface area contributed by atoms with Crippen LogP contribution >= 0.6 is 15.9 Å². The maximum atomic E-state index is 12.7. The van der Waals surface area contributed by atoms with Crippen molar-refractivity contribution in [3.8, 4) is 5.75 Å². The molecule has 4 rings (SSSR count). The fourth-order valence-electron chi connectivity index (χ4n) is 4.04. The summed E-state index contributed by atoms with van der Waals surface area (Å²) in [5.74, 6) is 0.672. The average molecular weight is 480 g/mol. The summed E-state index contributed by atoms with van der Waals surface area (Å²) in [6, 6.07) is 18.5. The highest BCUT2D eigenvalue weighted by molar-refractivity contribution is 9.10. The molecule has 4 nitrogen and oxygen atoms in total. The first-order valence-electron chi connectivity index (χ1n) is 10.6. The van der Waals surface area contributed by atoms with Crippen LogP contribution in [0.5, 0.6) is 5.75 Å². The van der Waals surface area contributed by atoms with Crippen molar-refractivity contribution in [2.45, 2.75) is 33.1 Å². The molecule has 0 saturated carbocycles. The average Bonchev–Trinajstić information content (AvgIpc) is 3.17. The van der Waals surface area contributed by atoms with Crippen LogP contribution in [-0.2, 0) is 4.74 Å². The molecule has 0 aliphatic heterocycles. The molecule has 31 heavy (non-hydrogen) atoms. The molecule has 1 aromatic heterocycles. The second kappa shape index (κ2) is 9.15. The van der Waals surface area contributed by atoms with Crippen LogP contribution in [0.4, 0.5) is 0 Å². The van der Waals surface area contributed by atoms with Gasteiger partial charge < -0.3 is 14.5 Å². The Bertz CT molecular complexity index is 1240. The zero-order chi connectivity index (χ0) is 22.0. The summed E-state index contributed by atoms with van der Waals surface area (Å²) in [6.45, 7) is 6.88. The number of esters is 1. The van der Waals surface area contributed by atoms with Crippen LogP contribution in [-0.4, -0.2) is 24.2 Å². The van der Waals surface area contributed by atoms with E-state index in [1.54, 1.807) is 0 Å². The van der Waals surface area contributed by atoms with E-state index in [9.17, 15) is 4.79 Å². The Hall–Kier alpha value is -2.79. The Morgan fingerprint density at radius 2 is 1.84 bits per heavy atom. The van der Waals surface area contributed by atoms with Gasteiger partial charge in [-0.2, -0.15) is 0 Å². The number of benzene rings is 3. The van der Waals surface area contributed by atoms with Crippen LogP contribution in [0.1, 0.15) is 47.8 Å². The van der Waals surface area contributed by atoms with Gasteiger partial charge in [0.25, 0.3) is 0 Å². The van der Waals surface area contributed by atoms with E-state index in [0.29, 0.717) is 18.9 Å². The van der Waals surface area contributed by atoms with Crippen molar-refractivity contribution in [2.75, 3.05) is 13.2 Å². The molecule has 0 radical (unpaired) electrons. The smallest absolute Gasteiger partial charge is 0.355 e. The summed E-state index contributed by atoms with van der Waals surface area (Å²) in [5, 5.41) is 3.31. The van der Waals surface area contributed by atoms with Crippen molar-refractivity contribution in [2.24, 2.45) is 0 Å². The molecule has 1 N–H and O–H groups in total. The number of carbonyl (C=O) groups is 1. The Labute approximate surface area is 190 Å². The fourth-order valence-corrected chi connectivity index (χ4v) is 4.49. The normalized spacial score (nSPS) is 12.3. The van der Waals surface area contributed by atoms with Gasteiger partial charge in [-0.1, -0.05) is 55.5 Å². The van der Waals surface area contributed by atoms with Crippen molar-refractivity contribution in [1.82, 2.24) is 4.98 Å². The van der Waals surface area contributed by atoms with Crippen LogP contribution in [0, 0.1) is 6.92 Å². The SMILES string of the molecule is CCOC(=O)c1[nH]c2c(Br)c(C)ccc2c1[C@H](C)CCOc1cccc2ccccc12. The topological polar surface area (TPSA) is 51.3 Å². The Kier molecular flexibility index (Phi) is 6.33. The van der Waals surface area contributed by atoms with Crippen LogP contribution in [0.25, 0.3) is 21.7 Å². The molecule has 0 fully saturated rings. The molecule has 0 unspecified atom stereocenters. The van der Waals surface area contributed by atoms with E-state index in [0.717, 1.165) is 49.4 Å². The Morgan fingerprint density at radius 3 is 2.65 bits per heavy atom. The molecular weight excluding hydrogens is 454 g/mol. The van der Waals surface area contributed by atoms with Crippen LogP contribution in [0.3, 0.4) is 0 Å². The standard InChI is InChI=1S/C26H26BrNO3/c1-4-30-26(29)25-22(20-13-12-17(3)23(27)24(20)28-25)16(2)14-15-31-21-11-7-9-18-8-5-6-10-19(18)21/h5-13,16,28H,4,14-15H2,1-3H3/t16-/m1/s1. The molecule has 0 aliphatic rings. The van der Waals surface area contributed by atoms with Crippen molar-refractivity contribution in [3.63, 3.8) is 0 Å². The number of H-pyrrole nitrogens is 1. The van der Waals surface area contributed by atoms with E-state index < -0.39 is 0 Å². The minimum atomic E-state index is -0.319. The summed E-state index contributed by atoms with van der Waals surface area (Å²) in [7, 11) is 0. The van der Waals surface area contributed by atoms with Gasteiger partial charge in [-0.25, -0.2) is 4.79 Å². The maximum Gasteiger partial charge on any atom is 0.355 e. The van der Waals surface area contributed by atoms with Gasteiger partial charge in [-0.15, -0.1) is 0 Å². The highest BCUT2D eigenvalue weighted by atomic mass is 79.9. The minimum Gasteiger partial charge on any atom is -0.493 e. The van der Waals surface area contributed by atoms with Gasteiger partial charge in [0.05, 0.1) is 18.7 Å². The third-order valence-corrected chi connectivity index (χ3v) is 6.70. The highest BCUT2D eigenvalue weighted by Gasteiger charge is 2.24. The van der Waals surface area contributed by atoms with Crippen LogP contribution < -0.4 is 4.74 Å². The van der Waals surface area contributed by atoms with Crippen molar-refractivity contribution in [1.29, 1.82) is 0 Å². The van der Waals surface area contributed by atoms with E-state index in [-0.39, 0.29) is 11.9 Å². The number of hydrogen-bond acceptors (Lipinski definition) is 3. The zero-order valence-electron chi connectivity index (χ0n) is 18.0. The number of aryl methyl sites for hydroxylation is 1. The van der Waals surface area contributed by atoms with Crippen LogP contribution in [0.15, 0.2) is 59.1 Å². The lowest BCUT2D eigenvalue weighted by Gasteiger charge is -2.15. The van der Waals surface area contributed by atoms with E-state index in [4.69, 9.17) is 9.47 Å². The van der Waals surface area contributed by atoms with Crippen molar-refractivity contribution < 1.29 is 14.3 Å². The van der Waals surface area contributed by atoms with Gasteiger partial charge in [0.2, 0.25) is 0 Å². The fraction of sp³-hybridized carbons (Fsp3) is 0.269. The maximum absolute atomic E-state index is 12.7. The number of aromatic nitrogens is 1. The Morgan fingerprint density at radius 1 is 1.06 bits per heavy atom. The first-order valence-corrected chi connectivity index (χ1v) is 11.4. The number of carbonyl (C=O) groups excluding carboxylic acids is 1. The largest absolute Gasteiger partial charge is 0.493 e. The quantitative estimate of drug-likeness (QED) is 0.286. The number of hydrogen-bond donors (Lipinski definition) is 1. The number of rotatable bonds is 7. The molecule has 5 heteroatoms. The number of fused-ring (bicyclic) bond motifs is 2. The third-order valence-electron chi connectivity index (χ3n) is 5.67. The molecule has 0 amide bonds. The van der Waals surface area contributed by atoms with Crippen molar-refractivity contribution >= 4 is 43.6 Å². The van der Waals surface area contributed by atoms with E-state index in [1.165, 1.54) is 0 Å². The lowest BCUT2D eigenvalue weighted by molar-refractivity contribution is 0.0518. The molecule has 1 heterocycles. The van der Waals surface area contributed by atoms with E-state index >= 15 is 0 Å². The van der Waals surface area contributed by atoms with Gasteiger partial charge in [0.1, 0.15) is 11.4 Å². The first kappa shape index (κ1) is 21.4. The van der Waals surface area contributed by atoms with Gasteiger partial charge in [-0.05, 0) is 64.7 Å². The molecule has 1 atom stereocenters. The van der Waals surface area contributed by atoms with Gasteiger partial charge in [-0.3, -0.25) is 0 Å². The van der Waals surface area contributed by atoms with Crippen LogP contribution in [0.2, 0.25) is 0 Å². The summed E-state index contributed by atoms with van der Waals surface area (Å²) in [6.07, 6.45) is 0.772. The number of ether oxygens (including phenoxy) is 2. The number of nitrogens with one attached hydrogen (secondary N) is 1. The molecule has 0 bridgehead atoms. The highest BCUT2D eigenvalue weighted by Crippen LogP contribution is 2.36. The van der Waals surface area contributed by atoms with Crippen molar-refractivity contribution in [3.05, 3.63) is 75.9 Å². The summed E-state index contributed by atoms with van der Waals surface area (Å²) >= 11 is 3.66. The van der Waals surface area contributed by atoms with Gasteiger partial charge >= 0.3 is 5.97 Å². The molecule has 4 aromatic rings. The summed E-state index contributed by atoms with van der Waals surface area (Å²) < 4.78 is 12.5. The predicted octanol–water partition coefficient (Wildman–Crippen LogP) is 7.14. The third kappa shape index (κ3) is 4.19. The number of aromatic amines is 1. The lowest BCUT2D eigenvalue weighted by Crippen LogP contribution is -2.11. The first-order chi connectivity index (χ1) is 15.0. The predicted molar refractivity (Wildman–Crippen MR) is 129 cm³/mol. The van der Waals surface area contributed by atoms with Gasteiger partial charge in [0, 0.05) is 15.2 Å². The minimum absolute atomic E-state index is 0.109. The molecule has 0 saturated heterocycles. The van der Waals surface area contributed by atoms with Gasteiger partial charge in [0.15, 0.2) is 0 Å². The second-order valence-corrected chi connectivity index (χ2v) is 8.56. The zero-order valence-corrected chi connectivity index (χ0v) is 19.6. The molecule has 160 valence electrons. The van der Waals surface area contributed by atoms with E-state index in [1.807, 2.05) is 38.1 Å². The number of halogens is 1. The second-order valence-electron chi connectivity index (χ2n) is 7.77. The summed E-state index contributed by atoms with van der Waals surface area (Å²) in [5.41, 5.74) is 3.55. The summed E-state index contributed by atoms with van der Waals surface area (Å²) in [4.78, 5) is 16.0. The molecule has 0 spiro atoms. The molecule has 3 aromatic carbocycles.